The van der Waals surface area contributed by atoms with E-state index in [0.717, 1.165) is 0 Å². The van der Waals surface area contributed by atoms with Crippen molar-refractivity contribution in [2.24, 2.45) is 0 Å². The smallest absolute Gasteiger partial charge is 0.358 e. The van der Waals surface area contributed by atoms with E-state index in [2.05, 4.69) is 20.0 Å². The van der Waals surface area contributed by atoms with Gasteiger partial charge in [-0.3, -0.25) is 4.98 Å². The van der Waals surface area contributed by atoms with Gasteiger partial charge in [-0.15, -0.1) is 0 Å². The lowest BCUT2D eigenvalue weighted by atomic mass is 10.1. The van der Waals surface area contributed by atoms with Gasteiger partial charge in [0.15, 0.2) is 11.7 Å². The Kier molecular flexibility index (Phi) is 4.45. The van der Waals surface area contributed by atoms with Gasteiger partial charge in [-0.05, 0) is 5.56 Å². The summed E-state index contributed by atoms with van der Waals surface area (Å²) in [6, 6.07) is 7.65. The molecule has 0 fully saturated rings. The van der Waals surface area contributed by atoms with E-state index in [1.807, 2.05) is 0 Å². The van der Waals surface area contributed by atoms with Gasteiger partial charge in [0.2, 0.25) is 0 Å². The molecule has 0 aliphatic carbocycles. The van der Waals surface area contributed by atoms with Crippen LogP contribution in [0.25, 0.3) is 0 Å². The molecule has 0 amide bonds. The molecule has 0 spiro atoms. The van der Waals surface area contributed by atoms with Gasteiger partial charge >= 0.3 is 11.9 Å². The topological polar surface area (TPSA) is 101 Å². The van der Waals surface area contributed by atoms with Crippen LogP contribution >= 0.6 is 0 Å². The fraction of sp³-hybridized carbons (Fsp3) is 0.143. The second-order valence-electron chi connectivity index (χ2n) is 4.11. The molecule has 1 heterocycles. The van der Waals surface area contributed by atoms with Crippen LogP contribution in [0.1, 0.15) is 22.1 Å². The minimum absolute atomic E-state index is 0.000277. The van der Waals surface area contributed by atoms with Gasteiger partial charge in [-0.2, -0.15) is 0 Å². The number of rotatable bonds is 5. The molecule has 1 aromatic carbocycles. The average Bonchev–Trinajstić information content (AvgIpc) is 2.52. The second kappa shape index (κ2) is 6.47. The van der Waals surface area contributed by atoms with E-state index in [9.17, 15) is 14.7 Å². The largest absolute Gasteiger partial charge is 0.479 e. The van der Waals surface area contributed by atoms with Gasteiger partial charge in [-0.25, -0.2) is 14.6 Å². The van der Waals surface area contributed by atoms with E-state index in [1.54, 1.807) is 30.3 Å². The number of carboxylic acid groups (broad SMARTS) is 1. The molecular formula is C14H13N3O4. The maximum absolute atomic E-state index is 11.4. The SMILES string of the molecule is COC(=O)c1cncc(NC(C(=O)O)c2ccccc2)n1. The second-order valence-corrected chi connectivity index (χ2v) is 4.11. The quantitative estimate of drug-likeness (QED) is 0.803. The van der Waals surface area contributed by atoms with Crippen molar-refractivity contribution in [3.8, 4) is 0 Å². The molecule has 2 N–H and O–H groups in total. The predicted octanol–water partition coefficient (Wildman–Crippen LogP) is 1.50. The molecule has 1 atom stereocenters. The van der Waals surface area contributed by atoms with Crippen LogP contribution in [0, 0.1) is 0 Å². The number of hydrogen-bond donors (Lipinski definition) is 2. The van der Waals surface area contributed by atoms with Gasteiger partial charge < -0.3 is 15.2 Å². The molecule has 1 aromatic heterocycles. The highest BCUT2D eigenvalue weighted by molar-refractivity contribution is 5.87. The third-order valence-electron chi connectivity index (χ3n) is 2.70. The maximum atomic E-state index is 11.4. The first-order valence-corrected chi connectivity index (χ1v) is 6.06. The van der Waals surface area contributed by atoms with Crippen LogP contribution in [0.2, 0.25) is 0 Å². The summed E-state index contributed by atoms with van der Waals surface area (Å²) < 4.78 is 4.54. The summed E-state index contributed by atoms with van der Waals surface area (Å²) in [4.78, 5) is 30.6. The van der Waals surface area contributed by atoms with Gasteiger partial charge in [0, 0.05) is 0 Å². The fourth-order valence-corrected chi connectivity index (χ4v) is 1.72. The van der Waals surface area contributed by atoms with Crippen molar-refractivity contribution < 1.29 is 19.4 Å². The number of nitrogens with one attached hydrogen (secondary N) is 1. The predicted molar refractivity (Wildman–Crippen MR) is 73.8 cm³/mol. The molecule has 0 radical (unpaired) electrons. The number of hydrogen-bond acceptors (Lipinski definition) is 6. The number of aliphatic carboxylic acids is 1. The number of nitrogens with zero attached hydrogens (tertiary/aromatic N) is 2. The third kappa shape index (κ3) is 3.53. The molecule has 0 bridgehead atoms. The van der Waals surface area contributed by atoms with E-state index in [0.29, 0.717) is 5.56 Å². The Hall–Kier alpha value is -2.96. The van der Waals surface area contributed by atoms with E-state index < -0.39 is 18.0 Å². The van der Waals surface area contributed by atoms with Crippen LogP contribution in [0.15, 0.2) is 42.7 Å². The van der Waals surface area contributed by atoms with Gasteiger partial charge in [-0.1, -0.05) is 30.3 Å². The van der Waals surface area contributed by atoms with Crippen LogP contribution in [-0.2, 0) is 9.53 Å². The number of ether oxygens (including phenoxy) is 1. The van der Waals surface area contributed by atoms with Crippen molar-refractivity contribution >= 4 is 17.8 Å². The Morgan fingerprint density at radius 2 is 1.95 bits per heavy atom. The van der Waals surface area contributed by atoms with E-state index in [-0.39, 0.29) is 11.5 Å². The fourth-order valence-electron chi connectivity index (χ4n) is 1.72. The first-order valence-electron chi connectivity index (χ1n) is 6.06. The number of carboxylic acids is 1. The highest BCUT2D eigenvalue weighted by Crippen LogP contribution is 2.18. The number of esters is 1. The molecular weight excluding hydrogens is 274 g/mol. The number of methoxy groups -OCH3 is 1. The zero-order valence-electron chi connectivity index (χ0n) is 11.2. The van der Waals surface area contributed by atoms with Crippen LogP contribution in [0.5, 0.6) is 0 Å². The molecule has 108 valence electrons. The number of carbonyl (C=O) groups excluding carboxylic acids is 1. The minimum Gasteiger partial charge on any atom is -0.479 e. The van der Waals surface area contributed by atoms with Gasteiger partial charge in [0.25, 0.3) is 0 Å². The Bertz CT molecular complexity index is 646. The molecule has 2 rings (SSSR count). The monoisotopic (exact) mass is 287 g/mol. The van der Waals surface area contributed by atoms with E-state index >= 15 is 0 Å². The Balaban J connectivity index is 2.26. The Labute approximate surface area is 120 Å². The molecule has 7 nitrogen and oxygen atoms in total. The molecule has 1 unspecified atom stereocenters. The van der Waals surface area contributed by atoms with Gasteiger partial charge in [0.1, 0.15) is 5.82 Å². The van der Waals surface area contributed by atoms with Crippen LogP contribution in [0.3, 0.4) is 0 Å². The van der Waals surface area contributed by atoms with Crippen molar-refractivity contribution in [2.45, 2.75) is 6.04 Å². The van der Waals surface area contributed by atoms with Crippen molar-refractivity contribution in [3.05, 3.63) is 54.0 Å². The summed E-state index contributed by atoms with van der Waals surface area (Å²) >= 11 is 0. The number of benzene rings is 1. The standard InChI is InChI=1S/C14H13N3O4/c1-21-14(20)10-7-15-8-11(16-10)17-12(13(18)19)9-5-3-2-4-6-9/h2-8,12H,1H3,(H,16,17)(H,18,19). The first kappa shape index (κ1) is 14.4. The number of anilines is 1. The summed E-state index contributed by atoms with van der Waals surface area (Å²) in [6.07, 6.45) is 2.58. The lowest BCUT2D eigenvalue weighted by Gasteiger charge is -2.15. The zero-order chi connectivity index (χ0) is 15.2. The van der Waals surface area contributed by atoms with Crippen molar-refractivity contribution in [1.82, 2.24) is 9.97 Å². The van der Waals surface area contributed by atoms with Crippen LogP contribution < -0.4 is 5.32 Å². The maximum Gasteiger partial charge on any atom is 0.358 e. The van der Waals surface area contributed by atoms with Crippen molar-refractivity contribution in [1.29, 1.82) is 0 Å². The highest BCUT2D eigenvalue weighted by atomic mass is 16.5. The number of carbonyl (C=O) groups is 2. The normalized spacial score (nSPS) is 11.5. The van der Waals surface area contributed by atoms with Crippen LogP contribution in [-0.4, -0.2) is 34.1 Å². The molecule has 2 aromatic rings. The Morgan fingerprint density at radius 1 is 1.24 bits per heavy atom. The zero-order valence-corrected chi connectivity index (χ0v) is 11.2. The summed E-state index contributed by atoms with van der Waals surface area (Å²) in [7, 11) is 1.23. The lowest BCUT2D eigenvalue weighted by Crippen LogP contribution is -2.21. The Morgan fingerprint density at radius 3 is 2.57 bits per heavy atom. The highest BCUT2D eigenvalue weighted by Gasteiger charge is 2.20. The summed E-state index contributed by atoms with van der Waals surface area (Å²) in [6.45, 7) is 0. The van der Waals surface area contributed by atoms with E-state index in [1.165, 1.54) is 19.5 Å². The minimum atomic E-state index is -1.06. The van der Waals surface area contributed by atoms with Crippen LogP contribution in [0.4, 0.5) is 5.82 Å². The molecule has 0 saturated carbocycles. The summed E-state index contributed by atoms with van der Waals surface area (Å²) in [5.74, 6) is -1.53. The molecule has 0 aliphatic rings. The van der Waals surface area contributed by atoms with Gasteiger partial charge in [0.05, 0.1) is 19.5 Å². The lowest BCUT2D eigenvalue weighted by molar-refractivity contribution is -0.138. The van der Waals surface area contributed by atoms with E-state index in [4.69, 9.17) is 0 Å². The molecule has 0 aliphatic heterocycles. The average molecular weight is 287 g/mol. The molecule has 21 heavy (non-hydrogen) atoms. The van der Waals surface area contributed by atoms with Crippen molar-refractivity contribution in [3.63, 3.8) is 0 Å². The van der Waals surface area contributed by atoms with Crippen molar-refractivity contribution in [2.75, 3.05) is 12.4 Å². The molecule has 7 heteroatoms. The number of aromatic nitrogens is 2. The third-order valence-corrected chi connectivity index (χ3v) is 2.70. The first-order chi connectivity index (χ1) is 10.1. The summed E-state index contributed by atoms with van der Waals surface area (Å²) in [5, 5.41) is 12.0. The molecule has 0 saturated heterocycles. The summed E-state index contributed by atoms with van der Waals surface area (Å²) in [5.41, 5.74) is 0.565.